The molecule has 5 aromatic carbocycles. The van der Waals surface area contributed by atoms with Gasteiger partial charge in [0.1, 0.15) is 30.8 Å². The van der Waals surface area contributed by atoms with Crippen molar-refractivity contribution in [3.63, 3.8) is 0 Å². The number of anilines is 13. The summed E-state index contributed by atoms with van der Waals surface area (Å²) in [4.78, 5) is 71.9. The molecule has 0 saturated carbocycles. The van der Waals surface area contributed by atoms with E-state index in [4.69, 9.17) is 38.5 Å². The second-order valence-electron chi connectivity index (χ2n) is 32.8. The van der Waals surface area contributed by atoms with Crippen molar-refractivity contribution in [2.24, 2.45) is 0 Å². The summed E-state index contributed by atoms with van der Waals surface area (Å²) >= 11 is 0. The van der Waals surface area contributed by atoms with Crippen LogP contribution < -0.4 is 44.1 Å². The fraction of sp³-hybridized carbons (Fsp3) is 0.267. The Hall–Kier alpha value is -15.0. The third-order valence-electron chi connectivity index (χ3n) is 24.7. The summed E-state index contributed by atoms with van der Waals surface area (Å²) in [6.45, 7) is 21.0. The van der Waals surface area contributed by atoms with Crippen molar-refractivity contribution in [2.45, 2.75) is 166 Å². The minimum absolute atomic E-state index is 0.143. The summed E-state index contributed by atoms with van der Waals surface area (Å²) in [5.74, 6) is 3.58. The van der Waals surface area contributed by atoms with Gasteiger partial charge in [-0.1, -0.05) is 60.7 Å². The van der Waals surface area contributed by atoms with E-state index < -0.39 is 57.2 Å². The van der Waals surface area contributed by atoms with E-state index in [-0.39, 0.29) is 12.3 Å². The van der Waals surface area contributed by atoms with Crippen LogP contribution in [0.4, 0.5) is 74.8 Å². The number of benzene rings is 5. The lowest BCUT2D eigenvalue weighted by atomic mass is 10.1. The summed E-state index contributed by atoms with van der Waals surface area (Å²) in [6, 6.07) is 39.1. The van der Waals surface area contributed by atoms with Crippen LogP contribution in [0.2, 0.25) is 0 Å². The van der Waals surface area contributed by atoms with Crippen molar-refractivity contribution >= 4 is 185 Å². The number of aryl methyl sites for hydroxylation is 6. The number of nitrogens with zero attached hydrogens (tertiary/aromatic N) is 22. The highest BCUT2D eigenvalue weighted by Crippen LogP contribution is 2.53. The SMILES string of the molecule is Cc1ccc2c(n1)oc1c(N3C=CN(C)C3C)c(C)ccc12.[2H]C(C)(C)N1c2nccnc2N(c2c(C)ccc3c2oc2ncccc23)C1C.[2H]C([2H])([2H])C([2H])(C)N1c2ncccc2N(c2c(C)ccc3c2oc2ncccc23)C1C.[2H]C([2H])([2H])C([2H])(C)N1c2nccnc2N(c2c(C)ccc3c2oc2ncccc23)C1C.[2H]C([2H])([2H])N1c2nccnc2N(c2c(C)ccc3c2oc2ncccc23)C1C. The molecule has 19 heterocycles. The standard InChI is InChI=1S/C22H22N4O.2C21H21N5O.C19H17N5O.C18H19N3O/c1-13(2)25-15(4)26(18-8-6-11-23-21(18)25)19-14(3)9-10-16-17-7-5-12-24-22(17)27-20(16)19;2*1-12(2)25-14(4)26(20-19(25)22-10-11-23-20)17-13(3)7-8-15-16-6-5-9-24-21(16)27-18(15)17;1-11-6-7-13-14-5-4-8-22-19(14)25-16(13)15(11)24-12(2)23(3)17-18(24)21-10-9-20-17;1-11-5-7-14-15-8-6-12(2)19-18(15)22-17(14)16(11)21-10-9-20(4)13(21)3/h5-13,15H,1-4H3;2*5-12,14H,1-4H3;4-10,12H,1-3H3;5-10,13H,1-4H3/i1D3,13D;1D3,12D;12D;3D3;. The smallest absolute Gasteiger partial charge is 0.227 e. The van der Waals surface area contributed by atoms with Crippen LogP contribution in [-0.2, 0) is 0 Å². The van der Waals surface area contributed by atoms with E-state index in [0.717, 1.165) is 133 Å². The predicted octanol–water partition coefficient (Wildman–Crippen LogP) is 23.2. The summed E-state index contributed by atoms with van der Waals surface area (Å²) in [6.07, 6.45) is 20.7. The Balaban J connectivity index is 0.000000108. The zero-order valence-corrected chi connectivity index (χ0v) is 73.5. The molecule has 0 fully saturated rings. The first-order valence-corrected chi connectivity index (χ1v) is 42.3. The lowest BCUT2D eigenvalue weighted by molar-refractivity contribution is 0.383. The number of fused-ring (bicyclic) bond motifs is 19. The Kier molecular flexibility index (Phi) is 17.0. The lowest BCUT2D eigenvalue weighted by Gasteiger charge is -2.33. The Bertz CT molecular complexity index is 7760. The summed E-state index contributed by atoms with van der Waals surface area (Å²) in [5.41, 5.74) is 17.9. The highest BCUT2D eigenvalue weighted by Gasteiger charge is 2.44. The predicted molar refractivity (Wildman–Crippen MR) is 513 cm³/mol. The van der Waals surface area contributed by atoms with Crippen molar-refractivity contribution in [1.29, 1.82) is 0 Å². The van der Waals surface area contributed by atoms with E-state index in [2.05, 4.69) is 152 Å². The number of pyridine rings is 6. The Morgan fingerprint density at radius 3 is 1.03 bits per heavy atom. The van der Waals surface area contributed by atoms with Crippen LogP contribution in [0.25, 0.3) is 110 Å². The van der Waals surface area contributed by atoms with Crippen molar-refractivity contribution < 1.29 is 38.5 Å². The Morgan fingerprint density at radius 2 is 0.625 bits per heavy atom. The highest BCUT2D eigenvalue weighted by atomic mass is 16.4. The van der Waals surface area contributed by atoms with Gasteiger partial charge >= 0.3 is 0 Å². The topological polar surface area (TPSA) is 253 Å². The molecule has 0 spiro atoms. The average molecular weight is 1710 g/mol. The number of rotatable bonds is 8. The van der Waals surface area contributed by atoms with Gasteiger partial charge in [0, 0.05) is 185 Å². The maximum Gasteiger partial charge on any atom is 0.227 e. The van der Waals surface area contributed by atoms with Crippen molar-refractivity contribution in [3.8, 4) is 0 Å². The number of hydrogen-bond acceptors (Lipinski definition) is 27. The maximum atomic E-state index is 8.76. The summed E-state index contributed by atoms with van der Waals surface area (Å²) < 4.78 is 129. The third kappa shape index (κ3) is 13.1. The molecular formula is C101H100N22O5. The molecule has 0 aliphatic carbocycles. The molecule has 644 valence electrons. The van der Waals surface area contributed by atoms with Crippen LogP contribution in [0.15, 0.2) is 236 Å². The molecule has 14 aromatic heterocycles. The van der Waals surface area contributed by atoms with E-state index >= 15 is 0 Å². The van der Waals surface area contributed by atoms with E-state index in [9.17, 15) is 0 Å². The molecule has 7 atom stereocenters. The zero-order chi connectivity index (χ0) is 98.9. The molecule has 0 radical (unpaired) electrons. The lowest BCUT2D eigenvalue weighted by Crippen LogP contribution is -2.42. The summed E-state index contributed by atoms with van der Waals surface area (Å²) in [7, 11) is 2.08. The van der Waals surface area contributed by atoms with Gasteiger partial charge < -0.3 is 56.4 Å². The van der Waals surface area contributed by atoms with Crippen LogP contribution in [0.1, 0.15) is 126 Å². The normalized spacial score (nSPS) is 19.6. The van der Waals surface area contributed by atoms with Crippen LogP contribution in [0, 0.1) is 41.5 Å². The van der Waals surface area contributed by atoms with Crippen molar-refractivity contribution in [1.82, 2.24) is 64.7 Å². The quantitative estimate of drug-likeness (QED) is 0.137. The van der Waals surface area contributed by atoms with Crippen LogP contribution in [0.5, 0.6) is 0 Å². The number of hydrogen-bond donors (Lipinski definition) is 0. The third-order valence-corrected chi connectivity index (χ3v) is 24.7. The Morgan fingerprint density at radius 1 is 0.305 bits per heavy atom. The molecule has 0 N–H and O–H groups in total. The molecule has 0 amide bonds. The molecule has 24 rings (SSSR count). The summed E-state index contributed by atoms with van der Waals surface area (Å²) in [5, 5.41) is 9.70. The average Bonchev–Trinajstić information content (AvgIpc) is 1.51. The molecular weight excluding hydrogens is 1600 g/mol. The van der Waals surface area contributed by atoms with Gasteiger partial charge in [0.15, 0.2) is 68.6 Å². The van der Waals surface area contributed by atoms with Crippen LogP contribution >= 0.6 is 0 Å². The molecule has 5 aliphatic rings. The van der Waals surface area contributed by atoms with E-state index in [1.54, 1.807) is 60.7 Å². The van der Waals surface area contributed by atoms with Gasteiger partial charge in [-0.3, -0.25) is 14.7 Å². The van der Waals surface area contributed by atoms with Gasteiger partial charge in [0.05, 0.1) is 38.2 Å². The van der Waals surface area contributed by atoms with Gasteiger partial charge in [0.25, 0.3) is 0 Å². The molecule has 128 heavy (non-hydrogen) atoms. The molecule has 19 aromatic rings. The number of furan rings is 5. The van der Waals surface area contributed by atoms with Crippen molar-refractivity contribution in [2.75, 3.05) is 58.1 Å². The fourth-order valence-corrected chi connectivity index (χ4v) is 18.6. The molecule has 27 nitrogen and oxygen atoms in total. The molecule has 0 saturated heterocycles. The largest absolute Gasteiger partial charge is 0.435 e. The molecule has 5 aliphatic heterocycles. The van der Waals surface area contributed by atoms with Crippen LogP contribution in [0.3, 0.4) is 0 Å². The first kappa shape index (κ1) is 68.3. The molecule has 0 bridgehead atoms. The minimum Gasteiger partial charge on any atom is -0.435 e. The fourth-order valence-electron chi connectivity index (χ4n) is 18.6. The minimum atomic E-state index is -2.56. The van der Waals surface area contributed by atoms with Crippen molar-refractivity contribution in [3.05, 3.63) is 248 Å². The first-order chi connectivity index (χ1) is 66.6. The van der Waals surface area contributed by atoms with Gasteiger partial charge in [-0.15, -0.1) is 0 Å². The first-order valence-electron chi connectivity index (χ1n) is 48.3. The number of aromatic nitrogens is 12. The van der Waals surface area contributed by atoms with Gasteiger partial charge in [-0.05, 0) is 218 Å². The van der Waals surface area contributed by atoms with Gasteiger partial charge in [-0.2, -0.15) is 0 Å². The highest BCUT2D eigenvalue weighted by molar-refractivity contribution is 6.14. The second-order valence-corrected chi connectivity index (χ2v) is 32.8. The van der Waals surface area contributed by atoms with Gasteiger partial charge in [-0.25, -0.2) is 59.8 Å². The zero-order valence-electron chi connectivity index (χ0n) is 85.5. The molecule has 27 heteroatoms. The van der Waals surface area contributed by atoms with E-state index in [0.29, 0.717) is 80.2 Å². The maximum absolute atomic E-state index is 8.76. The Labute approximate surface area is 757 Å². The van der Waals surface area contributed by atoms with E-state index in [1.165, 1.54) is 41.6 Å². The second kappa shape index (κ2) is 31.9. The molecule has 7 unspecified atom stereocenters. The van der Waals surface area contributed by atoms with Crippen LogP contribution in [-0.4, -0.2) is 128 Å². The van der Waals surface area contributed by atoms with E-state index in [1.807, 2.05) is 185 Å². The van der Waals surface area contributed by atoms with Gasteiger partial charge in [0.2, 0.25) is 28.6 Å². The monoisotopic (exact) mass is 1710 g/mol.